The number of allylic oxidation sites excluding steroid dienone is 1. The van der Waals surface area contributed by atoms with Crippen molar-refractivity contribution in [1.29, 1.82) is 0 Å². The molecule has 3 aliphatic heterocycles. The van der Waals surface area contributed by atoms with E-state index in [-0.39, 0.29) is 0 Å². The van der Waals surface area contributed by atoms with E-state index < -0.39 is 0 Å². The molecule has 0 spiro atoms. The Hall–Kier alpha value is -0.300. The minimum Gasteiger partial charge on any atom is -0.321 e. The zero-order valence-corrected chi connectivity index (χ0v) is 9.57. The largest absolute Gasteiger partial charge is 0.321 e. The SMILES string of the molecule is C1=CC2CC1CC2[N+]12CCC(CC1)CC2. The first kappa shape index (κ1) is 8.81. The van der Waals surface area contributed by atoms with Crippen molar-refractivity contribution in [2.45, 2.75) is 38.1 Å². The van der Waals surface area contributed by atoms with Gasteiger partial charge in [0.2, 0.25) is 0 Å². The summed E-state index contributed by atoms with van der Waals surface area (Å²) in [5, 5.41) is 0. The first-order valence-corrected chi connectivity index (χ1v) is 6.90. The quantitative estimate of drug-likeness (QED) is 0.455. The van der Waals surface area contributed by atoms with Crippen LogP contribution in [0.5, 0.6) is 0 Å². The molecular weight excluding hydrogens is 182 g/mol. The summed E-state index contributed by atoms with van der Waals surface area (Å²) in [4.78, 5) is 0. The minimum atomic E-state index is 0.963. The van der Waals surface area contributed by atoms with Crippen molar-refractivity contribution >= 4 is 0 Å². The predicted molar refractivity (Wildman–Crippen MR) is 61.3 cm³/mol. The molecule has 82 valence electrons. The van der Waals surface area contributed by atoms with Crippen LogP contribution in [0.3, 0.4) is 0 Å². The molecule has 3 atom stereocenters. The van der Waals surface area contributed by atoms with Crippen molar-refractivity contribution in [3.05, 3.63) is 12.2 Å². The first-order valence-electron chi connectivity index (χ1n) is 6.90. The van der Waals surface area contributed by atoms with E-state index in [0.717, 1.165) is 23.8 Å². The first-order chi connectivity index (χ1) is 7.36. The van der Waals surface area contributed by atoms with Crippen LogP contribution >= 0.6 is 0 Å². The van der Waals surface area contributed by atoms with Crippen LogP contribution in [0.2, 0.25) is 0 Å². The van der Waals surface area contributed by atoms with Gasteiger partial charge in [0.1, 0.15) is 0 Å². The van der Waals surface area contributed by atoms with Gasteiger partial charge in [-0.2, -0.15) is 0 Å². The lowest BCUT2D eigenvalue weighted by Crippen LogP contribution is -2.64. The Bertz CT molecular complexity index is 285. The summed E-state index contributed by atoms with van der Waals surface area (Å²) in [6.45, 7) is 4.56. The molecule has 1 saturated carbocycles. The third-order valence-corrected chi connectivity index (χ3v) is 5.90. The topological polar surface area (TPSA) is 0 Å². The van der Waals surface area contributed by atoms with E-state index in [1.54, 1.807) is 0 Å². The Morgan fingerprint density at radius 1 is 0.867 bits per heavy atom. The van der Waals surface area contributed by atoms with E-state index in [0.29, 0.717) is 0 Å². The standard InChI is InChI=1S/C14H22N/c1-2-13-9-12(1)10-14(13)15-6-3-11(4-7-15)5-8-15/h1-2,11-14H,3-10H2/q+1. The van der Waals surface area contributed by atoms with Crippen LogP contribution in [-0.4, -0.2) is 30.2 Å². The zero-order valence-electron chi connectivity index (χ0n) is 9.57. The molecule has 4 bridgehead atoms. The molecule has 3 saturated heterocycles. The lowest BCUT2D eigenvalue weighted by atomic mass is 9.82. The summed E-state index contributed by atoms with van der Waals surface area (Å²) in [6, 6.07) is 1.03. The van der Waals surface area contributed by atoms with Gasteiger partial charge in [-0.1, -0.05) is 12.2 Å². The molecule has 3 heterocycles. The predicted octanol–water partition coefficient (Wildman–Crippen LogP) is 2.58. The van der Waals surface area contributed by atoms with Crippen LogP contribution in [0.25, 0.3) is 0 Å². The number of piperidine rings is 3. The third kappa shape index (κ3) is 1.13. The summed E-state index contributed by atoms with van der Waals surface area (Å²) in [7, 11) is 0. The van der Waals surface area contributed by atoms with Gasteiger partial charge in [0.05, 0.1) is 25.7 Å². The van der Waals surface area contributed by atoms with E-state index >= 15 is 0 Å². The van der Waals surface area contributed by atoms with Crippen molar-refractivity contribution in [1.82, 2.24) is 0 Å². The zero-order chi connectivity index (χ0) is 9.88. The maximum atomic E-state index is 2.55. The number of quaternary nitrogens is 1. The molecule has 0 aromatic heterocycles. The van der Waals surface area contributed by atoms with Gasteiger partial charge >= 0.3 is 0 Å². The molecule has 15 heavy (non-hydrogen) atoms. The Morgan fingerprint density at radius 2 is 1.60 bits per heavy atom. The van der Waals surface area contributed by atoms with Crippen LogP contribution < -0.4 is 0 Å². The van der Waals surface area contributed by atoms with Crippen LogP contribution in [0.15, 0.2) is 12.2 Å². The molecule has 0 aromatic carbocycles. The minimum absolute atomic E-state index is 0.963. The van der Waals surface area contributed by atoms with Crippen LogP contribution in [0.1, 0.15) is 32.1 Å². The molecule has 1 heteroatoms. The monoisotopic (exact) mass is 204 g/mol. The average Bonchev–Trinajstić information content (AvgIpc) is 2.93. The van der Waals surface area contributed by atoms with Crippen molar-refractivity contribution in [2.24, 2.45) is 17.8 Å². The smallest absolute Gasteiger partial charge is 0.0959 e. The molecule has 5 aliphatic rings. The summed E-state index contributed by atoms with van der Waals surface area (Å²) < 4.78 is 1.53. The molecule has 0 amide bonds. The van der Waals surface area contributed by atoms with E-state index in [4.69, 9.17) is 0 Å². The van der Waals surface area contributed by atoms with Crippen LogP contribution in [-0.2, 0) is 0 Å². The highest BCUT2D eigenvalue weighted by atomic mass is 15.4. The normalized spacial score (nSPS) is 56.5. The highest BCUT2D eigenvalue weighted by molar-refractivity contribution is 5.11. The molecule has 4 fully saturated rings. The lowest BCUT2D eigenvalue weighted by molar-refractivity contribution is -0.966. The van der Waals surface area contributed by atoms with E-state index in [1.807, 2.05) is 0 Å². The Labute approximate surface area is 92.7 Å². The number of hydrogen-bond donors (Lipinski definition) is 0. The maximum absolute atomic E-state index is 2.55. The second-order valence-electron chi connectivity index (χ2n) is 6.47. The fourth-order valence-corrected chi connectivity index (χ4v) is 4.97. The van der Waals surface area contributed by atoms with Crippen molar-refractivity contribution < 1.29 is 4.48 Å². The molecule has 2 aliphatic carbocycles. The summed E-state index contributed by atoms with van der Waals surface area (Å²) >= 11 is 0. The molecule has 0 N–H and O–H groups in total. The number of rotatable bonds is 1. The van der Waals surface area contributed by atoms with Crippen LogP contribution in [0, 0.1) is 17.8 Å². The number of hydrogen-bond acceptors (Lipinski definition) is 0. The summed E-state index contributed by atoms with van der Waals surface area (Å²) in [5.74, 6) is 3.04. The number of fused-ring (bicyclic) bond motifs is 5. The molecule has 1 nitrogen and oxygen atoms in total. The van der Waals surface area contributed by atoms with Gasteiger partial charge in [0.15, 0.2) is 0 Å². The van der Waals surface area contributed by atoms with Crippen LogP contribution in [0.4, 0.5) is 0 Å². The van der Waals surface area contributed by atoms with Gasteiger partial charge in [0, 0.05) is 12.3 Å². The van der Waals surface area contributed by atoms with Crippen molar-refractivity contribution in [2.75, 3.05) is 19.6 Å². The highest BCUT2D eigenvalue weighted by Crippen LogP contribution is 2.48. The van der Waals surface area contributed by atoms with Crippen molar-refractivity contribution in [3.8, 4) is 0 Å². The Morgan fingerprint density at radius 3 is 2.13 bits per heavy atom. The van der Waals surface area contributed by atoms with E-state index in [1.165, 1.54) is 56.2 Å². The molecule has 5 rings (SSSR count). The van der Waals surface area contributed by atoms with Crippen molar-refractivity contribution in [3.63, 3.8) is 0 Å². The fraction of sp³-hybridized carbons (Fsp3) is 0.857. The van der Waals surface area contributed by atoms with E-state index in [9.17, 15) is 0 Å². The summed E-state index contributed by atoms with van der Waals surface area (Å²) in [6.07, 6.45) is 12.7. The fourth-order valence-electron chi connectivity index (χ4n) is 4.97. The molecule has 0 radical (unpaired) electrons. The Balaban J connectivity index is 1.63. The molecule has 3 unspecified atom stereocenters. The van der Waals surface area contributed by atoms with Gasteiger partial charge < -0.3 is 4.48 Å². The number of nitrogens with zero attached hydrogens (tertiary/aromatic N) is 1. The van der Waals surface area contributed by atoms with Gasteiger partial charge in [0.25, 0.3) is 0 Å². The Kier molecular flexibility index (Phi) is 1.69. The second kappa shape index (κ2) is 2.88. The van der Waals surface area contributed by atoms with Gasteiger partial charge in [-0.3, -0.25) is 0 Å². The van der Waals surface area contributed by atoms with Gasteiger partial charge in [-0.25, -0.2) is 0 Å². The average molecular weight is 204 g/mol. The van der Waals surface area contributed by atoms with E-state index in [2.05, 4.69) is 12.2 Å². The van der Waals surface area contributed by atoms with Gasteiger partial charge in [-0.15, -0.1) is 0 Å². The second-order valence-corrected chi connectivity index (χ2v) is 6.47. The lowest BCUT2D eigenvalue weighted by Gasteiger charge is -2.54. The highest BCUT2D eigenvalue weighted by Gasteiger charge is 2.51. The third-order valence-electron chi connectivity index (χ3n) is 5.90. The maximum Gasteiger partial charge on any atom is 0.0959 e. The summed E-state index contributed by atoms with van der Waals surface area (Å²) in [5.41, 5.74) is 0. The molecule has 0 aromatic rings. The van der Waals surface area contributed by atoms with Gasteiger partial charge in [-0.05, 0) is 37.5 Å². The molecular formula is C14H22N+.